The van der Waals surface area contributed by atoms with E-state index in [9.17, 15) is 4.79 Å². The molecule has 0 unspecified atom stereocenters. The van der Waals surface area contributed by atoms with Gasteiger partial charge in [-0.2, -0.15) is 0 Å². The Morgan fingerprint density at radius 2 is 1.75 bits per heavy atom. The summed E-state index contributed by atoms with van der Waals surface area (Å²) in [5, 5.41) is 12.0. The number of hydrogen-bond acceptors (Lipinski definition) is 8. The van der Waals surface area contributed by atoms with Crippen LogP contribution >= 0.6 is 11.8 Å². The number of aromatic nitrogens is 5. The van der Waals surface area contributed by atoms with Crippen LogP contribution in [0.2, 0.25) is 0 Å². The summed E-state index contributed by atoms with van der Waals surface area (Å²) in [6.07, 6.45) is 10.7. The Morgan fingerprint density at radius 1 is 1.06 bits per heavy atom. The number of imidazole rings is 1. The summed E-state index contributed by atoms with van der Waals surface area (Å²) >= 11 is 1.51. The Morgan fingerprint density at radius 3 is 2.41 bits per heavy atom. The van der Waals surface area contributed by atoms with Crippen molar-refractivity contribution in [2.75, 3.05) is 11.6 Å². The molecule has 3 aromatic rings. The fourth-order valence-corrected chi connectivity index (χ4v) is 4.08. The molecule has 10 heteroatoms. The number of amides is 1. The highest BCUT2D eigenvalue weighted by molar-refractivity contribution is 7.98. The quantitative estimate of drug-likeness (QED) is 0.436. The molecule has 0 aromatic carbocycles. The van der Waals surface area contributed by atoms with Gasteiger partial charge in [-0.25, -0.2) is 24.3 Å². The molecule has 4 rings (SSSR count). The number of nitrogens with one attached hydrogen (secondary N) is 2. The smallest absolute Gasteiger partial charge is 0.407 e. The van der Waals surface area contributed by atoms with Crippen LogP contribution in [-0.2, 0) is 4.74 Å². The topological polar surface area (TPSA) is 106 Å². The first-order valence-electron chi connectivity index (χ1n) is 10.8. The van der Waals surface area contributed by atoms with Crippen LogP contribution in [0.3, 0.4) is 0 Å². The maximum absolute atomic E-state index is 12.0. The molecule has 0 saturated heterocycles. The van der Waals surface area contributed by atoms with E-state index in [0.29, 0.717) is 6.04 Å². The number of rotatable bonds is 5. The van der Waals surface area contributed by atoms with Crippen LogP contribution in [-0.4, -0.2) is 54.6 Å². The van der Waals surface area contributed by atoms with Crippen LogP contribution in [0.5, 0.6) is 0 Å². The molecule has 3 aromatic heterocycles. The van der Waals surface area contributed by atoms with Crippen LogP contribution in [0.15, 0.2) is 35.9 Å². The van der Waals surface area contributed by atoms with Crippen LogP contribution in [0.1, 0.15) is 46.5 Å². The zero-order valence-electron chi connectivity index (χ0n) is 18.8. The predicted molar refractivity (Wildman–Crippen MR) is 125 cm³/mol. The molecule has 1 fully saturated rings. The molecule has 0 aliphatic heterocycles. The van der Waals surface area contributed by atoms with Crippen molar-refractivity contribution in [3.8, 4) is 11.3 Å². The summed E-state index contributed by atoms with van der Waals surface area (Å²) in [6, 6.07) is 4.34. The van der Waals surface area contributed by atoms with E-state index < -0.39 is 5.60 Å². The highest BCUT2D eigenvalue weighted by atomic mass is 32.2. The molecule has 0 atom stereocenters. The van der Waals surface area contributed by atoms with Gasteiger partial charge in [0.25, 0.3) is 0 Å². The van der Waals surface area contributed by atoms with Crippen molar-refractivity contribution in [3.05, 3.63) is 30.7 Å². The normalized spacial score (nSPS) is 19.0. The molecule has 1 aliphatic rings. The van der Waals surface area contributed by atoms with Gasteiger partial charge in [-0.3, -0.25) is 0 Å². The molecule has 2 N–H and O–H groups in total. The van der Waals surface area contributed by atoms with Gasteiger partial charge in [0.1, 0.15) is 11.4 Å². The van der Waals surface area contributed by atoms with Crippen molar-refractivity contribution >= 4 is 29.3 Å². The molecule has 1 saturated carbocycles. The first-order chi connectivity index (χ1) is 15.3. The first kappa shape index (κ1) is 22.3. The van der Waals surface area contributed by atoms with E-state index in [0.717, 1.165) is 53.6 Å². The minimum absolute atomic E-state index is 0.142. The molecule has 0 spiro atoms. The summed E-state index contributed by atoms with van der Waals surface area (Å²) < 4.78 is 7.18. The number of nitrogens with zero attached hydrogens (tertiary/aromatic N) is 5. The van der Waals surface area contributed by atoms with Gasteiger partial charge in [-0.15, -0.1) is 5.10 Å². The lowest BCUT2D eigenvalue weighted by atomic mass is 9.91. The van der Waals surface area contributed by atoms with Crippen LogP contribution in [0.25, 0.3) is 16.9 Å². The Bertz CT molecular complexity index is 1070. The Labute approximate surface area is 191 Å². The summed E-state index contributed by atoms with van der Waals surface area (Å²) in [5.41, 5.74) is 2.00. The highest BCUT2D eigenvalue weighted by Gasteiger charge is 2.25. The third-order valence-corrected chi connectivity index (χ3v) is 5.84. The first-order valence-corrected chi connectivity index (χ1v) is 12.0. The van der Waals surface area contributed by atoms with Crippen molar-refractivity contribution in [2.24, 2.45) is 0 Å². The largest absolute Gasteiger partial charge is 0.444 e. The second kappa shape index (κ2) is 9.32. The average molecular weight is 456 g/mol. The number of carbonyl (C=O) groups excluding carboxylic acids is 1. The number of carbonyl (C=O) groups is 1. The SMILES string of the molecule is CSc1ncc(-c2cnc3ccc(N[C@H]4CC[C@H](NC(=O)OC(C)(C)C)CC4)nn23)cn1. The van der Waals surface area contributed by atoms with E-state index in [4.69, 9.17) is 9.84 Å². The molecule has 170 valence electrons. The molecule has 1 aliphatic carbocycles. The number of fused-ring (bicyclic) bond motifs is 1. The molecule has 3 heterocycles. The van der Waals surface area contributed by atoms with E-state index in [2.05, 4.69) is 25.6 Å². The molecule has 9 nitrogen and oxygen atoms in total. The van der Waals surface area contributed by atoms with Gasteiger partial charge in [0.15, 0.2) is 10.8 Å². The second-order valence-corrected chi connectivity index (χ2v) is 9.70. The zero-order chi connectivity index (χ0) is 22.7. The van der Waals surface area contributed by atoms with Gasteiger partial charge in [0.05, 0.1) is 11.9 Å². The highest BCUT2D eigenvalue weighted by Crippen LogP contribution is 2.24. The van der Waals surface area contributed by atoms with E-state index in [1.807, 2.05) is 43.7 Å². The number of thioether (sulfide) groups is 1. The predicted octanol–water partition coefficient (Wildman–Crippen LogP) is 4.16. The van der Waals surface area contributed by atoms with Crippen LogP contribution < -0.4 is 10.6 Å². The maximum atomic E-state index is 12.0. The Balaban J connectivity index is 1.38. The zero-order valence-corrected chi connectivity index (χ0v) is 19.6. The summed E-state index contributed by atoms with van der Waals surface area (Å²) in [4.78, 5) is 25.2. The number of ether oxygens (including phenoxy) is 1. The van der Waals surface area contributed by atoms with Crippen molar-refractivity contribution in [3.63, 3.8) is 0 Å². The van der Waals surface area contributed by atoms with E-state index in [-0.39, 0.29) is 12.1 Å². The minimum Gasteiger partial charge on any atom is -0.444 e. The fourth-order valence-electron chi connectivity index (χ4n) is 3.77. The van der Waals surface area contributed by atoms with Gasteiger partial charge in [0, 0.05) is 30.0 Å². The Kier molecular flexibility index (Phi) is 6.50. The lowest BCUT2D eigenvalue weighted by molar-refractivity contribution is 0.0492. The van der Waals surface area contributed by atoms with Crippen molar-refractivity contribution < 1.29 is 9.53 Å². The lowest BCUT2D eigenvalue weighted by Gasteiger charge is -2.30. The van der Waals surface area contributed by atoms with Crippen LogP contribution in [0, 0.1) is 0 Å². The minimum atomic E-state index is -0.484. The van der Waals surface area contributed by atoms with Crippen molar-refractivity contribution in [1.82, 2.24) is 29.9 Å². The van der Waals surface area contributed by atoms with Gasteiger partial charge < -0.3 is 15.4 Å². The van der Waals surface area contributed by atoms with E-state index in [1.165, 1.54) is 11.8 Å². The standard InChI is InChI=1S/C22H29N7O2S/c1-22(2,3)31-21(30)27-16-7-5-15(6-8-16)26-18-9-10-19-23-13-17(29(19)28-18)14-11-24-20(32-4)25-12-14/h9-13,15-16H,5-8H2,1-4H3,(H,26,28)(H,27,30)/t15-,16-. The fraction of sp³-hybridized carbons (Fsp3) is 0.500. The molecule has 0 bridgehead atoms. The number of anilines is 1. The number of hydrogen-bond donors (Lipinski definition) is 2. The third kappa shape index (κ3) is 5.48. The molecule has 1 amide bonds. The van der Waals surface area contributed by atoms with Crippen LogP contribution in [0.4, 0.5) is 10.6 Å². The lowest BCUT2D eigenvalue weighted by Crippen LogP contribution is -2.42. The second-order valence-electron chi connectivity index (χ2n) is 8.93. The van der Waals surface area contributed by atoms with Crippen molar-refractivity contribution in [1.29, 1.82) is 0 Å². The van der Waals surface area contributed by atoms with E-state index >= 15 is 0 Å². The summed E-state index contributed by atoms with van der Waals surface area (Å²) in [7, 11) is 0. The van der Waals surface area contributed by atoms with Crippen molar-refractivity contribution in [2.45, 2.75) is 69.3 Å². The molecular weight excluding hydrogens is 426 g/mol. The molecule has 32 heavy (non-hydrogen) atoms. The summed E-state index contributed by atoms with van der Waals surface area (Å²) in [5.74, 6) is 0.793. The Hall–Kier alpha value is -2.88. The number of alkyl carbamates (subject to hydrolysis) is 1. The van der Waals surface area contributed by atoms with Gasteiger partial charge in [-0.1, -0.05) is 11.8 Å². The van der Waals surface area contributed by atoms with Gasteiger partial charge >= 0.3 is 6.09 Å². The third-order valence-electron chi connectivity index (χ3n) is 5.27. The molecule has 0 radical (unpaired) electrons. The van der Waals surface area contributed by atoms with Gasteiger partial charge in [-0.05, 0) is 64.8 Å². The average Bonchev–Trinajstić information content (AvgIpc) is 3.17. The summed E-state index contributed by atoms with van der Waals surface area (Å²) in [6.45, 7) is 5.61. The maximum Gasteiger partial charge on any atom is 0.407 e. The molecular formula is C22H29N7O2S. The van der Waals surface area contributed by atoms with Gasteiger partial charge in [0.2, 0.25) is 0 Å². The van der Waals surface area contributed by atoms with E-state index in [1.54, 1.807) is 18.6 Å². The monoisotopic (exact) mass is 455 g/mol.